The van der Waals surface area contributed by atoms with E-state index in [-0.39, 0.29) is 0 Å². The fourth-order valence-electron chi connectivity index (χ4n) is 3.42. The van der Waals surface area contributed by atoms with Crippen LogP contribution in [0.25, 0.3) is 33.4 Å². The van der Waals surface area contributed by atoms with Gasteiger partial charge in [-0.05, 0) is 37.3 Å². The van der Waals surface area contributed by atoms with Crippen molar-refractivity contribution in [1.29, 1.82) is 0 Å². The number of aromatic amines is 1. The van der Waals surface area contributed by atoms with Crippen molar-refractivity contribution in [1.82, 2.24) is 15.0 Å². The second kappa shape index (κ2) is 7.35. The quantitative estimate of drug-likeness (QED) is 0.530. The monoisotopic (exact) mass is 390 g/mol. The Morgan fingerprint density at radius 3 is 2.28 bits per heavy atom. The average molecular weight is 390 g/mol. The molecule has 7 nitrogen and oxygen atoms in total. The molecule has 2 aromatic heterocycles. The molecular formula is C22H22N4O3. The molecule has 0 spiro atoms. The molecule has 0 saturated heterocycles. The van der Waals surface area contributed by atoms with Crippen molar-refractivity contribution in [3.63, 3.8) is 0 Å². The molecule has 0 aliphatic rings. The number of pyridine rings is 1. The average Bonchev–Trinajstić information content (AvgIpc) is 3.13. The number of benzene rings is 2. The van der Waals surface area contributed by atoms with Crippen LogP contribution in [0.1, 0.15) is 5.56 Å². The molecule has 7 heteroatoms. The number of imidazole rings is 1. The van der Waals surface area contributed by atoms with Gasteiger partial charge in [0.2, 0.25) is 5.75 Å². The minimum Gasteiger partial charge on any atom is -0.493 e. The molecule has 0 fully saturated rings. The molecule has 29 heavy (non-hydrogen) atoms. The highest BCUT2D eigenvalue weighted by Gasteiger charge is 2.19. The zero-order valence-electron chi connectivity index (χ0n) is 16.7. The van der Waals surface area contributed by atoms with Gasteiger partial charge >= 0.3 is 0 Å². The molecule has 2 aromatic carbocycles. The number of hydrogen-bond donors (Lipinski definition) is 2. The standard InChI is InChI=1S/C22H22N4O3/c1-12-5-6-16-13(7-12)8-15(11-24-16)20-19(25-22(23)26-20)14-9-17(27-2)21(29-4)18(10-14)28-3/h5-11H,1-4H3,(H3,23,25,26). The van der Waals surface area contributed by atoms with Crippen molar-refractivity contribution in [2.45, 2.75) is 6.92 Å². The Morgan fingerprint density at radius 2 is 1.62 bits per heavy atom. The number of H-pyrrole nitrogens is 1. The van der Waals surface area contributed by atoms with Crippen molar-refractivity contribution in [2.24, 2.45) is 0 Å². The number of aromatic nitrogens is 3. The van der Waals surface area contributed by atoms with Gasteiger partial charge in [0.05, 0.1) is 38.2 Å². The maximum absolute atomic E-state index is 6.01. The van der Waals surface area contributed by atoms with Gasteiger partial charge in [-0.3, -0.25) is 4.98 Å². The zero-order valence-corrected chi connectivity index (χ0v) is 16.7. The van der Waals surface area contributed by atoms with E-state index >= 15 is 0 Å². The number of hydrogen-bond acceptors (Lipinski definition) is 6. The summed E-state index contributed by atoms with van der Waals surface area (Å²) in [5, 5.41) is 1.04. The van der Waals surface area contributed by atoms with Crippen LogP contribution in [0.5, 0.6) is 17.2 Å². The van der Waals surface area contributed by atoms with E-state index < -0.39 is 0 Å². The highest BCUT2D eigenvalue weighted by molar-refractivity contribution is 5.88. The van der Waals surface area contributed by atoms with E-state index in [4.69, 9.17) is 19.9 Å². The highest BCUT2D eigenvalue weighted by Crippen LogP contribution is 2.43. The van der Waals surface area contributed by atoms with Gasteiger partial charge < -0.3 is 24.9 Å². The Labute approximate surface area is 168 Å². The molecule has 148 valence electrons. The molecule has 0 radical (unpaired) electrons. The van der Waals surface area contributed by atoms with Gasteiger partial charge in [0.1, 0.15) is 0 Å². The number of nitrogen functional groups attached to an aromatic ring is 1. The predicted molar refractivity (Wildman–Crippen MR) is 114 cm³/mol. The second-order valence-corrected chi connectivity index (χ2v) is 6.68. The topological polar surface area (TPSA) is 95.3 Å². The molecular weight excluding hydrogens is 368 g/mol. The Morgan fingerprint density at radius 1 is 0.897 bits per heavy atom. The maximum atomic E-state index is 6.01. The number of aryl methyl sites for hydroxylation is 1. The Kier molecular flexibility index (Phi) is 4.72. The van der Waals surface area contributed by atoms with Crippen LogP contribution in [0, 0.1) is 6.92 Å². The van der Waals surface area contributed by atoms with E-state index in [1.54, 1.807) is 27.5 Å². The number of nitrogens with one attached hydrogen (secondary N) is 1. The Bertz CT molecular complexity index is 1180. The van der Waals surface area contributed by atoms with Crippen LogP contribution in [0.15, 0.2) is 42.6 Å². The zero-order chi connectivity index (χ0) is 20.5. The smallest absolute Gasteiger partial charge is 0.203 e. The molecule has 0 saturated carbocycles. The first-order valence-electron chi connectivity index (χ1n) is 9.06. The molecule has 0 aliphatic heterocycles. The number of rotatable bonds is 5. The molecule has 0 atom stereocenters. The maximum Gasteiger partial charge on any atom is 0.203 e. The summed E-state index contributed by atoms with van der Waals surface area (Å²) in [6.07, 6.45) is 1.80. The Hall–Kier alpha value is -3.74. The van der Waals surface area contributed by atoms with Gasteiger partial charge in [0.15, 0.2) is 17.4 Å². The molecule has 0 bridgehead atoms. The van der Waals surface area contributed by atoms with Crippen LogP contribution in [-0.2, 0) is 0 Å². The van der Waals surface area contributed by atoms with Crippen LogP contribution < -0.4 is 19.9 Å². The van der Waals surface area contributed by atoms with E-state index in [1.807, 2.05) is 24.3 Å². The molecule has 4 aromatic rings. The summed E-state index contributed by atoms with van der Waals surface area (Å²) < 4.78 is 16.4. The number of nitrogens with zero attached hydrogens (tertiary/aromatic N) is 2. The predicted octanol–water partition coefficient (Wildman–Crippen LogP) is 4.21. The van der Waals surface area contributed by atoms with Gasteiger partial charge in [-0.2, -0.15) is 0 Å². The summed E-state index contributed by atoms with van der Waals surface area (Å²) in [4.78, 5) is 12.2. The van der Waals surface area contributed by atoms with Crippen molar-refractivity contribution in [3.05, 3.63) is 48.2 Å². The summed E-state index contributed by atoms with van der Waals surface area (Å²) in [5.41, 5.74) is 11.2. The van der Waals surface area contributed by atoms with Gasteiger partial charge in [-0.15, -0.1) is 0 Å². The third-order valence-electron chi connectivity index (χ3n) is 4.79. The number of anilines is 1. The van der Waals surface area contributed by atoms with Gasteiger partial charge in [0, 0.05) is 22.7 Å². The Balaban J connectivity index is 1.90. The van der Waals surface area contributed by atoms with Crippen molar-refractivity contribution >= 4 is 16.9 Å². The molecule has 0 amide bonds. The van der Waals surface area contributed by atoms with Crippen molar-refractivity contribution < 1.29 is 14.2 Å². The summed E-state index contributed by atoms with van der Waals surface area (Å²) in [5.74, 6) is 1.94. The fourth-order valence-corrected chi connectivity index (χ4v) is 3.42. The molecule has 4 rings (SSSR count). The normalized spacial score (nSPS) is 10.9. The van der Waals surface area contributed by atoms with E-state index in [9.17, 15) is 0 Å². The van der Waals surface area contributed by atoms with E-state index in [0.29, 0.717) is 28.9 Å². The second-order valence-electron chi connectivity index (χ2n) is 6.68. The van der Waals surface area contributed by atoms with Crippen LogP contribution in [0.4, 0.5) is 5.95 Å². The molecule has 0 aliphatic carbocycles. The lowest BCUT2D eigenvalue weighted by molar-refractivity contribution is 0.324. The number of methoxy groups -OCH3 is 3. The summed E-state index contributed by atoms with van der Waals surface area (Å²) in [6.45, 7) is 2.06. The lowest BCUT2D eigenvalue weighted by Crippen LogP contribution is -1.96. The fraction of sp³-hybridized carbons (Fsp3) is 0.182. The first kappa shape index (κ1) is 18.6. The lowest BCUT2D eigenvalue weighted by Gasteiger charge is -2.14. The third kappa shape index (κ3) is 3.31. The highest BCUT2D eigenvalue weighted by atomic mass is 16.5. The van der Waals surface area contributed by atoms with E-state index in [1.165, 1.54) is 5.56 Å². The molecule has 2 heterocycles. The van der Waals surface area contributed by atoms with Gasteiger partial charge in [0.25, 0.3) is 0 Å². The van der Waals surface area contributed by atoms with E-state index in [2.05, 4.69) is 34.0 Å². The minimum absolute atomic E-state index is 0.313. The first-order chi connectivity index (χ1) is 14.0. The van der Waals surface area contributed by atoms with Gasteiger partial charge in [-0.1, -0.05) is 11.6 Å². The summed E-state index contributed by atoms with van der Waals surface area (Å²) in [6, 6.07) is 11.9. The van der Waals surface area contributed by atoms with Crippen LogP contribution in [0.3, 0.4) is 0 Å². The van der Waals surface area contributed by atoms with Crippen LogP contribution >= 0.6 is 0 Å². The third-order valence-corrected chi connectivity index (χ3v) is 4.79. The molecule has 0 unspecified atom stereocenters. The number of ether oxygens (including phenoxy) is 3. The van der Waals surface area contributed by atoms with Crippen molar-refractivity contribution in [2.75, 3.05) is 27.1 Å². The lowest BCUT2D eigenvalue weighted by atomic mass is 10.0. The minimum atomic E-state index is 0.313. The van der Waals surface area contributed by atoms with Crippen molar-refractivity contribution in [3.8, 4) is 39.8 Å². The van der Waals surface area contributed by atoms with Crippen LogP contribution in [0.2, 0.25) is 0 Å². The van der Waals surface area contributed by atoms with Gasteiger partial charge in [-0.25, -0.2) is 4.98 Å². The summed E-state index contributed by atoms with van der Waals surface area (Å²) >= 11 is 0. The molecule has 3 N–H and O–H groups in total. The van der Waals surface area contributed by atoms with E-state index in [0.717, 1.165) is 27.7 Å². The first-order valence-corrected chi connectivity index (χ1v) is 9.06. The largest absolute Gasteiger partial charge is 0.493 e. The SMILES string of the molecule is COc1cc(-c2[nH]c(N)nc2-c2cnc3ccc(C)cc3c2)cc(OC)c1OC. The number of nitrogens with two attached hydrogens (primary N) is 1. The number of fused-ring (bicyclic) bond motifs is 1. The summed E-state index contributed by atoms with van der Waals surface area (Å²) in [7, 11) is 4.74. The van der Waals surface area contributed by atoms with Crippen LogP contribution in [-0.4, -0.2) is 36.3 Å².